The fourth-order valence-electron chi connectivity index (χ4n) is 2.78. The lowest BCUT2D eigenvalue weighted by Crippen LogP contribution is -2.39. The molecular formula is C24H26N2O5. The third-order valence-corrected chi connectivity index (χ3v) is 4.37. The molecule has 0 N–H and O–H groups in total. The predicted octanol–water partition coefficient (Wildman–Crippen LogP) is 3.59. The van der Waals surface area contributed by atoms with Crippen LogP contribution in [0.15, 0.2) is 54.6 Å². The minimum Gasteiger partial charge on any atom is -0.493 e. The summed E-state index contributed by atoms with van der Waals surface area (Å²) < 4.78 is 15.6. The van der Waals surface area contributed by atoms with E-state index in [2.05, 4.69) is 0 Å². The number of esters is 1. The van der Waals surface area contributed by atoms with Gasteiger partial charge in [-0.1, -0.05) is 36.4 Å². The quantitative estimate of drug-likeness (QED) is 0.429. The van der Waals surface area contributed by atoms with Crippen molar-refractivity contribution >= 4 is 18.0 Å². The van der Waals surface area contributed by atoms with Gasteiger partial charge in [-0.3, -0.25) is 4.79 Å². The van der Waals surface area contributed by atoms with Crippen molar-refractivity contribution in [2.75, 3.05) is 20.3 Å². The Morgan fingerprint density at radius 3 is 2.52 bits per heavy atom. The standard InChI is InChI=1S/C24H26N2O5/c1-18(2)26(16-20-7-5-4-6-8-20)23(27)17-31-24(28)12-10-19-9-11-21(30-14-13-25)22(15-19)29-3/h4-12,15,18H,14,16-17H2,1-3H3/b12-10+. The lowest BCUT2D eigenvalue weighted by Gasteiger charge is -2.26. The molecule has 1 amide bonds. The highest BCUT2D eigenvalue weighted by atomic mass is 16.5. The molecule has 0 heterocycles. The van der Waals surface area contributed by atoms with E-state index in [9.17, 15) is 9.59 Å². The largest absolute Gasteiger partial charge is 0.493 e. The molecule has 7 nitrogen and oxygen atoms in total. The van der Waals surface area contributed by atoms with Gasteiger partial charge in [-0.15, -0.1) is 0 Å². The molecule has 0 aromatic heterocycles. The number of benzene rings is 2. The molecule has 0 aliphatic rings. The highest BCUT2D eigenvalue weighted by Gasteiger charge is 2.18. The number of carbonyl (C=O) groups is 2. The third-order valence-electron chi connectivity index (χ3n) is 4.37. The van der Waals surface area contributed by atoms with E-state index in [4.69, 9.17) is 19.5 Å². The molecular weight excluding hydrogens is 396 g/mol. The molecule has 2 aromatic rings. The van der Waals surface area contributed by atoms with Crippen LogP contribution >= 0.6 is 0 Å². The Morgan fingerprint density at radius 2 is 1.87 bits per heavy atom. The summed E-state index contributed by atoms with van der Waals surface area (Å²) in [6, 6.07) is 16.5. The molecule has 0 aliphatic heterocycles. The SMILES string of the molecule is COc1cc(/C=C/C(=O)OCC(=O)N(Cc2ccccc2)C(C)C)ccc1OCC#N. The molecule has 0 bridgehead atoms. The molecule has 7 heteroatoms. The van der Waals surface area contributed by atoms with Crippen molar-refractivity contribution in [3.05, 3.63) is 65.7 Å². The number of ether oxygens (including phenoxy) is 3. The lowest BCUT2D eigenvalue weighted by molar-refractivity contribution is -0.149. The average molecular weight is 422 g/mol. The van der Waals surface area contributed by atoms with Crippen LogP contribution in [-0.4, -0.2) is 43.1 Å². The van der Waals surface area contributed by atoms with Crippen molar-refractivity contribution in [2.24, 2.45) is 0 Å². The minimum atomic E-state index is -0.624. The van der Waals surface area contributed by atoms with Crippen molar-refractivity contribution in [2.45, 2.75) is 26.4 Å². The van der Waals surface area contributed by atoms with Gasteiger partial charge in [0.25, 0.3) is 5.91 Å². The van der Waals surface area contributed by atoms with Crippen molar-refractivity contribution in [1.82, 2.24) is 4.90 Å². The summed E-state index contributed by atoms with van der Waals surface area (Å²) in [4.78, 5) is 26.3. The second-order valence-electron chi connectivity index (χ2n) is 6.90. The summed E-state index contributed by atoms with van der Waals surface area (Å²) in [5, 5.41) is 8.61. The Labute approximate surface area is 182 Å². The van der Waals surface area contributed by atoms with Gasteiger partial charge < -0.3 is 19.1 Å². The molecule has 162 valence electrons. The Hall–Kier alpha value is -3.79. The molecule has 0 fully saturated rings. The fraction of sp³-hybridized carbons (Fsp3) is 0.292. The summed E-state index contributed by atoms with van der Waals surface area (Å²) >= 11 is 0. The first-order valence-corrected chi connectivity index (χ1v) is 9.80. The van der Waals surface area contributed by atoms with E-state index in [1.807, 2.05) is 50.2 Å². The maximum Gasteiger partial charge on any atom is 0.331 e. The number of nitrogens with zero attached hydrogens (tertiary/aromatic N) is 2. The van der Waals surface area contributed by atoms with Crippen LogP contribution in [0, 0.1) is 11.3 Å². The minimum absolute atomic E-state index is 0.0313. The van der Waals surface area contributed by atoms with Crippen molar-refractivity contribution in [3.8, 4) is 17.6 Å². The molecule has 2 aromatic carbocycles. The van der Waals surface area contributed by atoms with Gasteiger partial charge in [-0.25, -0.2) is 4.79 Å². The topological polar surface area (TPSA) is 88.9 Å². The Bertz CT molecular complexity index is 948. The van der Waals surface area contributed by atoms with Gasteiger partial charge in [0, 0.05) is 18.7 Å². The van der Waals surface area contributed by atoms with Crippen LogP contribution in [0.3, 0.4) is 0 Å². The summed E-state index contributed by atoms with van der Waals surface area (Å²) in [5.74, 6) is -0.0159. The highest BCUT2D eigenvalue weighted by Crippen LogP contribution is 2.28. The number of hydrogen-bond acceptors (Lipinski definition) is 6. The van der Waals surface area contributed by atoms with Crippen LogP contribution in [0.25, 0.3) is 6.08 Å². The zero-order valence-corrected chi connectivity index (χ0v) is 17.9. The third kappa shape index (κ3) is 7.52. The first kappa shape index (κ1) is 23.5. The maximum absolute atomic E-state index is 12.5. The summed E-state index contributed by atoms with van der Waals surface area (Å²) in [6.07, 6.45) is 2.79. The van der Waals surface area contributed by atoms with E-state index in [0.717, 1.165) is 5.56 Å². The molecule has 0 radical (unpaired) electrons. The smallest absolute Gasteiger partial charge is 0.331 e. The van der Waals surface area contributed by atoms with Gasteiger partial charge in [-0.05, 0) is 43.2 Å². The van der Waals surface area contributed by atoms with E-state index in [1.54, 1.807) is 29.2 Å². The zero-order chi connectivity index (χ0) is 22.6. The fourth-order valence-corrected chi connectivity index (χ4v) is 2.78. The van der Waals surface area contributed by atoms with Gasteiger partial charge in [-0.2, -0.15) is 5.26 Å². The predicted molar refractivity (Wildman–Crippen MR) is 116 cm³/mol. The molecule has 0 saturated heterocycles. The Morgan fingerprint density at radius 1 is 1.13 bits per heavy atom. The summed E-state index contributed by atoms with van der Waals surface area (Å²) in [5.41, 5.74) is 1.68. The van der Waals surface area contributed by atoms with E-state index in [0.29, 0.717) is 23.6 Å². The van der Waals surface area contributed by atoms with Crippen LogP contribution in [0.4, 0.5) is 0 Å². The maximum atomic E-state index is 12.5. The first-order valence-electron chi connectivity index (χ1n) is 9.80. The molecule has 0 spiro atoms. The van der Waals surface area contributed by atoms with Crippen LogP contribution < -0.4 is 9.47 Å². The van der Waals surface area contributed by atoms with Crippen LogP contribution in [0.5, 0.6) is 11.5 Å². The Balaban J connectivity index is 1.93. The number of carbonyl (C=O) groups excluding carboxylic acids is 2. The van der Waals surface area contributed by atoms with Gasteiger partial charge in [0.15, 0.2) is 24.7 Å². The van der Waals surface area contributed by atoms with Crippen LogP contribution in [0.1, 0.15) is 25.0 Å². The van der Waals surface area contributed by atoms with Crippen LogP contribution in [-0.2, 0) is 20.9 Å². The van der Waals surface area contributed by atoms with Gasteiger partial charge in [0.1, 0.15) is 6.07 Å². The second kappa shape index (κ2) is 12.0. The monoisotopic (exact) mass is 422 g/mol. The van der Waals surface area contributed by atoms with Crippen molar-refractivity contribution in [3.63, 3.8) is 0 Å². The van der Waals surface area contributed by atoms with E-state index >= 15 is 0 Å². The molecule has 0 saturated carbocycles. The van der Waals surface area contributed by atoms with Crippen molar-refractivity contribution in [1.29, 1.82) is 5.26 Å². The first-order chi connectivity index (χ1) is 14.9. The normalized spacial score (nSPS) is 10.5. The zero-order valence-electron chi connectivity index (χ0n) is 17.9. The number of methoxy groups -OCH3 is 1. The van der Waals surface area contributed by atoms with E-state index in [1.165, 1.54) is 13.2 Å². The molecule has 31 heavy (non-hydrogen) atoms. The number of hydrogen-bond donors (Lipinski definition) is 0. The van der Waals surface area contributed by atoms with E-state index in [-0.39, 0.29) is 25.2 Å². The summed E-state index contributed by atoms with van der Waals surface area (Å²) in [7, 11) is 1.48. The lowest BCUT2D eigenvalue weighted by atomic mass is 10.2. The number of rotatable bonds is 10. The van der Waals surface area contributed by atoms with Gasteiger partial charge in [0.05, 0.1) is 7.11 Å². The van der Waals surface area contributed by atoms with E-state index < -0.39 is 5.97 Å². The van der Waals surface area contributed by atoms with Crippen LogP contribution in [0.2, 0.25) is 0 Å². The van der Waals surface area contributed by atoms with Gasteiger partial charge >= 0.3 is 5.97 Å². The molecule has 0 unspecified atom stereocenters. The highest BCUT2D eigenvalue weighted by molar-refractivity contribution is 5.89. The second-order valence-corrected chi connectivity index (χ2v) is 6.90. The van der Waals surface area contributed by atoms with Gasteiger partial charge in [0.2, 0.25) is 0 Å². The number of nitriles is 1. The number of amides is 1. The average Bonchev–Trinajstić information content (AvgIpc) is 2.78. The molecule has 2 rings (SSSR count). The molecule has 0 atom stereocenters. The summed E-state index contributed by atoms with van der Waals surface area (Å²) in [6.45, 7) is 3.85. The Kier molecular flexibility index (Phi) is 9.12. The van der Waals surface area contributed by atoms with Crippen molar-refractivity contribution < 1.29 is 23.8 Å². The molecule has 0 aliphatic carbocycles.